The van der Waals surface area contributed by atoms with Gasteiger partial charge in [0.25, 0.3) is 5.91 Å². The van der Waals surface area contributed by atoms with Crippen molar-refractivity contribution in [1.82, 2.24) is 25.4 Å². The number of aromatic amines is 1. The number of nitrogens with zero attached hydrogens (tertiary/aromatic N) is 3. The summed E-state index contributed by atoms with van der Waals surface area (Å²) in [5.41, 5.74) is 2.13. The minimum atomic E-state index is -0.0924. The molecule has 0 aromatic carbocycles. The highest BCUT2D eigenvalue weighted by Crippen LogP contribution is 2.21. The van der Waals surface area contributed by atoms with Crippen molar-refractivity contribution in [2.45, 2.75) is 33.1 Å². The number of nitrogens with one attached hydrogen (secondary N) is 2. The minimum Gasteiger partial charge on any atom is -0.356 e. The van der Waals surface area contributed by atoms with Gasteiger partial charge in [0.05, 0.1) is 5.69 Å². The first-order valence-electron chi connectivity index (χ1n) is 9.57. The summed E-state index contributed by atoms with van der Waals surface area (Å²) in [6.45, 7) is 6.18. The molecule has 2 amide bonds. The fourth-order valence-corrected chi connectivity index (χ4v) is 3.25. The number of likely N-dealkylation sites (tertiary alicyclic amines) is 1. The predicted octanol–water partition coefficient (Wildman–Crippen LogP) is 2.49. The summed E-state index contributed by atoms with van der Waals surface area (Å²) in [4.78, 5) is 30.7. The van der Waals surface area contributed by atoms with E-state index in [1.54, 1.807) is 23.4 Å². The van der Waals surface area contributed by atoms with Gasteiger partial charge in [-0.3, -0.25) is 19.7 Å². The third kappa shape index (κ3) is 4.93. The molecule has 3 rings (SSSR count). The fourth-order valence-electron chi connectivity index (χ4n) is 3.25. The molecular weight excluding hydrogens is 342 g/mol. The number of carbonyl (C=O) groups excluding carboxylic acids is 2. The number of piperidine rings is 1. The first-order valence-corrected chi connectivity index (χ1v) is 9.57. The maximum absolute atomic E-state index is 12.7. The Morgan fingerprint density at radius 2 is 1.96 bits per heavy atom. The van der Waals surface area contributed by atoms with Crippen LogP contribution in [-0.4, -0.2) is 51.5 Å². The van der Waals surface area contributed by atoms with Gasteiger partial charge in [-0.15, -0.1) is 0 Å². The molecule has 0 aliphatic carbocycles. The Labute approximate surface area is 159 Å². The second kappa shape index (κ2) is 8.79. The molecule has 144 valence electrons. The Hall–Kier alpha value is -2.70. The lowest BCUT2D eigenvalue weighted by Gasteiger charge is -2.30. The van der Waals surface area contributed by atoms with Gasteiger partial charge >= 0.3 is 0 Å². The lowest BCUT2D eigenvalue weighted by atomic mass is 9.95. The maximum atomic E-state index is 12.7. The zero-order chi connectivity index (χ0) is 19.2. The Balaban J connectivity index is 1.52. The van der Waals surface area contributed by atoms with E-state index in [4.69, 9.17) is 0 Å². The number of hydrogen-bond donors (Lipinski definition) is 2. The van der Waals surface area contributed by atoms with E-state index in [1.807, 2.05) is 12.1 Å². The van der Waals surface area contributed by atoms with E-state index < -0.39 is 0 Å². The van der Waals surface area contributed by atoms with Crippen molar-refractivity contribution in [2.75, 3.05) is 19.6 Å². The number of carbonyl (C=O) groups is 2. The monoisotopic (exact) mass is 369 g/mol. The van der Waals surface area contributed by atoms with Crippen molar-refractivity contribution in [1.29, 1.82) is 0 Å². The quantitative estimate of drug-likeness (QED) is 0.818. The number of H-pyrrole nitrogens is 1. The van der Waals surface area contributed by atoms with Crippen molar-refractivity contribution < 1.29 is 9.59 Å². The highest BCUT2D eigenvalue weighted by molar-refractivity contribution is 5.93. The summed E-state index contributed by atoms with van der Waals surface area (Å²) in [6.07, 6.45) is 5.78. The van der Waals surface area contributed by atoms with E-state index >= 15 is 0 Å². The molecule has 3 heterocycles. The van der Waals surface area contributed by atoms with E-state index in [-0.39, 0.29) is 17.7 Å². The lowest BCUT2D eigenvalue weighted by Crippen LogP contribution is -2.43. The largest absolute Gasteiger partial charge is 0.356 e. The molecule has 1 saturated heterocycles. The first-order chi connectivity index (χ1) is 13.0. The fraction of sp³-hybridized carbons (Fsp3) is 0.500. The van der Waals surface area contributed by atoms with Gasteiger partial charge in [-0.05, 0) is 43.4 Å². The standard InChI is InChI=1S/C20H27N5O2/c1-14(2)3-10-22-19(26)16-6-11-25(12-7-16)20(27)18-13-17(23-24-18)15-4-8-21-9-5-15/h4-5,8-9,13-14,16H,3,6-7,10-12H2,1-2H3,(H,22,26)(H,23,24). The van der Waals surface area contributed by atoms with Gasteiger partial charge in [0.1, 0.15) is 0 Å². The van der Waals surface area contributed by atoms with Gasteiger partial charge < -0.3 is 10.2 Å². The molecule has 0 spiro atoms. The summed E-state index contributed by atoms with van der Waals surface area (Å²) in [5, 5.41) is 10.1. The smallest absolute Gasteiger partial charge is 0.274 e. The molecule has 2 N–H and O–H groups in total. The molecule has 1 aliphatic heterocycles. The van der Waals surface area contributed by atoms with Crippen LogP contribution in [0.5, 0.6) is 0 Å². The SMILES string of the molecule is CC(C)CCNC(=O)C1CCN(C(=O)c2cc(-c3ccncc3)[nH]n2)CC1. The average Bonchev–Trinajstić information content (AvgIpc) is 3.18. The molecule has 0 saturated carbocycles. The normalized spacial score (nSPS) is 15.1. The number of rotatable bonds is 6. The molecule has 0 unspecified atom stereocenters. The summed E-state index contributed by atoms with van der Waals surface area (Å²) in [6, 6.07) is 5.50. The lowest BCUT2D eigenvalue weighted by molar-refractivity contribution is -0.126. The second-order valence-electron chi connectivity index (χ2n) is 7.44. The number of amides is 2. The van der Waals surface area contributed by atoms with Gasteiger partial charge in [-0.2, -0.15) is 5.10 Å². The molecule has 0 radical (unpaired) electrons. The molecule has 27 heavy (non-hydrogen) atoms. The van der Waals surface area contributed by atoms with Crippen LogP contribution in [0.1, 0.15) is 43.6 Å². The molecule has 2 aromatic rings. The summed E-state index contributed by atoms with van der Waals surface area (Å²) < 4.78 is 0. The van der Waals surface area contributed by atoms with Gasteiger partial charge in [-0.1, -0.05) is 13.8 Å². The molecule has 7 nitrogen and oxygen atoms in total. The van der Waals surface area contributed by atoms with Crippen LogP contribution in [0.3, 0.4) is 0 Å². The summed E-state index contributed by atoms with van der Waals surface area (Å²) >= 11 is 0. The van der Waals surface area contributed by atoms with E-state index in [2.05, 4.69) is 34.3 Å². The molecule has 1 fully saturated rings. The topological polar surface area (TPSA) is 91.0 Å². The molecule has 2 aromatic heterocycles. The highest BCUT2D eigenvalue weighted by atomic mass is 16.2. The zero-order valence-corrected chi connectivity index (χ0v) is 15.9. The average molecular weight is 369 g/mol. The number of hydrogen-bond acceptors (Lipinski definition) is 4. The van der Waals surface area contributed by atoms with Crippen LogP contribution in [0, 0.1) is 11.8 Å². The van der Waals surface area contributed by atoms with Crippen molar-refractivity contribution in [2.24, 2.45) is 11.8 Å². The molecule has 7 heteroatoms. The van der Waals surface area contributed by atoms with E-state index in [9.17, 15) is 9.59 Å². The third-order valence-corrected chi connectivity index (χ3v) is 4.96. The third-order valence-electron chi connectivity index (χ3n) is 4.96. The van der Waals surface area contributed by atoms with Crippen molar-refractivity contribution in [3.8, 4) is 11.3 Å². The Kier molecular flexibility index (Phi) is 6.21. The number of pyridine rings is 1. The Morgan fingerprint density at radius 3 is 2.63 bits per heavy atom. The van der Waals surface area contributed by atoms with Crippen LogP contribution in [0.15, 0.2) is 30.6 Å². The van der Waals surface area contributed by atoms with Crippen LogP contribution < -0.4 is 5.32 Å². The summed E-state index contributed by atoms with van der Waals surface area (Å²) in [7, 11) is 0. The van der Waals surface area contributed by atoms with Gasteiger partial charge in [0, 0.05) is 43.5 Å². The molecule has 0 atom stereocenters. The zero-order valence-electron chi connectivity index (χ0n) is 15.9. The van der Waals surface area contributed by atoms with Crippen molar-refractivity contribution in [3.05, 3.63) is 36.3 Å². The highest BCUT2D eigenvalue weighted by Gasteiger charge is 2.28. The molecular formula is C20H27N5O2. The summed E-state index contributed by atoms with van der Waals surface area (Å²) in [5.74, 6) is 0.594. The van der Waals surface area contributed by atoms with E-state index in [1.165, 1.54) is 0 Å². The van der Waals surface area contributed by atoms with E-state index in [0.29, 0.717) is 37.5 Å². The second-order valence-corrected chi connectivity index (χ2v) is 7.44. The van der Waals surface area contributed by atoms with E-state index in [0.717, 1.165) is 24.2 Å². The van der Waals surface area contributed by atoms with Crippen LogP contribution in [0.4, 0.5) is 0 Å². The van der Waals surface area contributed by atoms with Crippen LogP contribution in [-0.2, 0) is 4.79 Å². The van der Waals surface area contributed by atoms with Gasteiger partial charge in [0.2, 0.25) is 5.91 Å². The van der Waals surface area contributed by atoms with Gasteiger partial charge in [0.15, 0.2) is 5.69 Å². The minimum absolute atomic E-state index is 0.00669. The van der Waals surface area contributed by atoms with Crippen LogP contribution in [0.2, 0.25) is 0 Å². The van der Waals surface area contributed by atoms with Crippen LogP contribution in [0.25, 0.3) is 11.3 Å². The number of aromatic nitrogens is 3. The molecule has 1 aliphatic rings. The van der Waals surface area contributed by atoms with Crippen LogP contribution >= 0.6 is 0 Å². The first kappa shape index (κ1) is 19.1. The Morgan fingerprint density at radius 1 is 1.26 bits per heavy atom. The van der Waals surface area contributed by atoms with Gasteiger partial charge in [-0.25, -0.2) is 0 Å². The maximum Gasteiger partial charge on any atom is 0.274 e. The molecule has 0 bridgehead atoms. The predicted molar refractivity (Wildman–Crippen MR) is 103 cm³/mol. The Bertz CT molecular complexity index is 764. The van der Waals surface area contributed by atoms with Crippen molar-refractivity contribution >= 4 is 11.8 Å². The van der Waals surface area contributed by atoms with Crippen molar-refractivity contribution in [3.63, 3.8) is 0 Å².